The number of rotatable bonds is 1. The fourth-order valence-corrected chi connectivity index (χ4v) is 3.50. The molecule has 0 aromatic rings. The van der Waals surface area contributed by atoms with Crippen molar-refractivity contribution in [3.8, 4) is 0 Å². The van der Waals surface area contributed by atoms with E-state index in [4.69, 9.17) is 1.37 Å². The van der Waals surface area contributed by atoms with Crippen LogP contribution in [0, 0.1) is 23.2 Å². The predicted octanol–water partition coefficient (Wildman–Crippen LogP) is 2.22. The average molecular weight is 121 g/mol. The van der Waals surface area contributed by atoms with Crippen LogP contribution in [0.15, 0.2) is 12.6 Å². The van der Waals surface area contributed by atoms with Crippen molar-refractivity contribution in [2.75, 3.05) is 0 Å². The maximum Gasteiger partial charge on any atom is 0.0535 e. The van der Waals surface area contributed by atoms with Crippen LogP contribution in [0.4, 0.5) is 0 Å². The van der Waals surface area contributed by atoms with Crippen molar-refractivity contribution in [3.05, 3.63) is 12.6 Å². The molecule has 4 bridgehead atoms. The lowest BCUT2D eigenvalue weighted by Crippen LogP contribution is -1.90. The topological polar surface area (TPSA) is 0 Å². The zero-order chi connectivity index (χ0) is 6.77. The third kappa shape index (κ3) is 0.288. The zero-order valence-corrected chi connectivity index (χ0v) is 5.51. The van der Waals surface area contributed by atoms with Crippen molar-refractivity contribution in [2.24, 2.45) is 23.2 Å². The first-order chi connectivity index (χ1) is 4.87. The minimum Gasteiger partial charge on any atom is -0.103 e. The third-order valence-electron chi connectivity index (χ3n) is 3.88. The van der Waals surface area contributed by atoms with Gasteiger partial charge in [0.15, 0.2) is 0 Å². The fraction of sp³-hybridized carbons (Fsp3) is 0.778. The molecule has 4 saturated carbocycles. The molecule has 48 valence electrons. The first kappa shape index (κ1) is 3.80. The van der Waals surface area contributed by atoms with Crippen LogP contribution in [-0.4, -0.2) is 0 Å². The lowest BCUT2D eigenvalue weighted by atomic mass is 10.1. The Morgan fingerprint density at radius 2 is 2.33 bits per heavy atom. The van der Waals surface area contributed by atoms with Crippen LogP contribution in [0.2, 0.25) is 0 Å². The molecule has 4 aliphatic carbocycles. The number of allylic oxidation sites excluding steroid dienone is 1. The molecule has 4 aliphatic rings. The van der Waals surface area contributed by atoms with Crippen LogP contribution >= 0.6 is 0 Å². The third-order valence-corrected chi connectivity index (χ3v) is 3.88. The molecule has 0 aromatic carbocycles. The maximum absolute atomic E-state index is 7.05. The summed E-state index contributed by atoms with van der Waals surface area (Å²) in [6, 6.07) is 0. The molecule has 4 rings (SSSR count). The van der Waals surface area contributed by atoms with Crippen molar-refractivity contribution >= 4 is 0 Å². The summed E-state index contributed by atoms with van der Waals surface area (Å²) < 4.78 is 7.05. The van der Waals surface area contributed by atoms with E-state index in [0.717, 1.165) is 17.8 Å². The highest BCUT2D eigenvalue weighted by Crippen LogP contribution is 2.79. The fourth-order valence-electron chi connectivity index (χ4n) is 3.50. The standard InChI is InChI=1S/C9H12/c1-2-9-5-6-3-7(9)8(9)4-6/h2,6-8H,1,3-5H2/i1D. The second kappa shape index (κ2) is 1.00. The van der Waals surface area contributed by atoms with Crippen LogP contribution < -0.4 is 0 Å². The van der Waals surface area contributed by atoms with Crippen molar-refractivity contribution < 1.29 is 1.37 Å². The Bertz CT molecular complexity index is 195. The highest BCUT2D eigenvalue weighted by atomic mass is 14.8. The van der Waals surface area contributed by atoms with E-state index in [1.54, 1.807) is 0 Å². The summed E-state index contributed by atoms with van der Waals surface area (Å²) in [6.07, 6.45) is 6.54. The molecule has 4 fully saturated rings. The van der Waals surface area contributed by atoms with Gasteiger partial charge in [-0.25, -0.2) is 0 Å². The molecule has 0 radical (unpaired) electrons. The van der Waals surface area contributed by atoms with Gasteiger partial charge in [-0.3, -0.25) is 0 Å². The SMILES string of the molecule is [2H]C=CC12CC3CC1C2C3. The smallest absolute Gasteiger partial charge is 0.0535 e. The summed E-state index contributed by atoms with van der Waals surface area (Å²) in [6.45, 7) is 1.51. The van der Waals surface area contributed by atoms with Crippen LogP contribution in [0.3, 0.4) is 0 Å². The molecular formula is C9H12. The summed E-state index contributed by atoms with van der Waals surface area (Å²) >= 11 is 0. The zero-order valence-electron chi connectivity index (χ0n) is 6.51. The summed E-state index contributed by atoms with van der Waals surface area (Å²) in [7, 11) is 0. The summed E-state index contributed by atoms with van der Waals surface area (Å²) in [5, 5.41) is 0. The van der Waals surface area contributed by atoms with E-state index < -0.39 is 0 Å². The lowest BCUT2D eigenvalue weighted by molar-refractivity contribution is 0.586. The van der Waals surface area contributed by atoms with Crippen molar-refractivity contribution in [2.45, 2.75) is 19.3 Å². The van der Waals surface area contributed by atoms with Gasteiger partial charge in [0.05, 0.1) is 1.37 Å². The van der Waals surface area contributed by atoms with Gasteiger partial charge in [-0.1, -0.05) is 6.08 Å². The molecule has 2 atom stereocenters. The van der Waals surface area contributed by atoms with E-state index >= 15 is 0 Å². The van der Waals surface area contributed by atoms with Gasteiger partial charge in [-0.05, 0) is 42.4 Å². The maximum atomic E-state index is 7.05. The second-order valence-electron chi connectivity index (χ2n) is 4.03. The lowest BCUT2D eigenvalue weighted by Gasteiger charge is -1.99. The monoisotopic (exact) mass is 121 g/mol. The Balaban J connectivity index is 1.99. The van der Waals surface area contributed by atoms with E-state index in [1.165, 1.54) is 25.8 Å². The van der Waals surface area contributed by atoms with Crippen LogP contribution in [0.25, 0.3) is 0 Å². The van der Waals surface area contributed by atoms with Crippen molar-refractivity contribution in [3.63, 3.8) is 0 Å². The van der Waals surface area contributed by atoms with E-state index in [1.807, 2.05) is 0 Å². The first-order valence-corrected chi connectivity index (χ1v) is 3.93. The van der Waals surface area contributed by atoms with E-state index in [9.17, 15) is 0 Å². The van der Waals surface area contributed by atoms with Gasteiger partial charge >= 0.3 is 0 Å². The molecule has 0 N–H and O–H groups in total. The molecule has 0 amide bonds. The highest BCUT2D eigenvalue weighted by Gasteiger charge is 2.72. The van der Waals surface area contributed by atoms with Gasteiger partial charge in [0, 0.05) is 0 Å². The molecular weight excluding hydrogens is 108 g/mol. The summed E-state index contributed by atoms with van der Waals surface area (Å²) in [5.74, 6) is 3.07. The molecule has 0 nitrogen and oxygen atoms in total. The van der Waals surface area contributed by atoms with Gasteiger partial charge in [-0.2, -0.15) is 0 Å². The minimum atomic E-state index is 0.576. The first-order valence-electron chi connectivity index (χ1n) is 4.50. The Morgan fingerprint density at radius 3 is 2.78 bits per heavy atom. The average Bonchev–Trinajstić information content (AvgIpc) is 2.44. The molecule has 0 aromatic heterocycles. The van der Waals surface area contributed by atoms with Gasteiger partial charge in [0.2, 0.25) is 0 Å². The molecule has 0 heteroatoms. The van der Waals surface area contributed by atoms with Crippen molar-refractivity contribution in [1.29, 1.82) is 0 Å². The van der Waals surface area contributed by atoms with E-state index in [2.05, 4.69) is 6.08 Å². The molecule has 0 aliphatic heterocycles. The summed E-state index contributed by atoms with van der Waals surface area (Å²) in [4.78, 5) is 0. The molecule has 0 spiro atoms. The normalized spacial score (nSPS) is 69.3. The van der Waals surface area contributed by atoms with Gasteiger partial charge in [0.1, 0.15) is 0 Å². The van der Waals surface area contributed by atoms with Gasteiger partial charge in [0.25, 0.3) is 0 Å². The predicted molar refractivity (Wildman–Crippen MR) is 37.0 cm³/mol. The number of hydrogen-bond acceptors (Lipinski definition) is 0. The van der Waals surface area contributed by atoms with Crippen LogP contribution in [0.5, 0.6) is 0 Å². The second-order valence-corrected chi connectivity index (χ2v) is 4.03. The van der Waals surface area contributed by atoms with Gasteiger partial charge < -0.3 is 0 Å². The largest absolute Gasteiger partial charge is 0.103 e. The van der Waals surface area contributed by atoms with Crippen LogP contribution in [0.1, 0.15) is 20.6 Å². The molecule has 0 heterocycles. The van der Waals surface area contributed by atoms with Gasteiger partial charge in [-0.15, -0.1) is 6.55 Å². The Labute approximate surface area is 57.4 Å². The molecule has 0 saturated heterocycles. The van der Waals surface area contributed by atoms with E-state index in [0.29, 0.717) is 5.41 Å². The minimum absolute atomic E-state index is 0.576. The number of hydrogen-bond donors (Lipinski definition) is 0. The van der Waals surface area contributed by atoms with Crippen LogP contribution in [-0.2, 0) is 0 Å². The van der Waals surface area contributed by atoms with E-state index in [-0.39, 0.29) is 0 Å². The Kier molecular flexibility index (Phi) is 0.423. The summed E-state index contributed by atoms with van der Waals surface area (Å²) in [5.41, 5.74) is 0.576. The Hall–Kier alpha value is -0.260. The Morgan fingerprint density at radius 1 is 1.56 bits per heavy atom. The highest BCUT2D eigenvalue weighted by molar-refractivity contribution is 5.28. The van der Waals surface area contributed by atoms with Crippen molar-refractivity contribution in [1.82, 2.24) is 0 Å². The molecule has 2 unspecified atom stereocenters. The molecule has 9 heavy (non-hydrogen) atoms. The quantitative estimate of drug-likeness (QED) is 0.467.